The van der Waals surface area contributed by atoms with Gasteiger partial charge in [-0.05, 0) is 28.9 Å². The van der Waals surface area contributed by atoms with Crippen molar-refractivity contribution in [2.75, 3.05) is 44.7 Å². The lowest BCUT2D eigenvalue weighted by atomic mass is 10.3. The van der Waals surface area contributed by atoms with E-state index in [9.17, 15) is 0 Å². The molecule has 0 amide bonds. The van der Waals surface area contributed by atoms with Gasteiger partial charge in [-0.1, -0.05) is 0 Å². The summed E-state index contributed by atoms with van der Waals surface area (Å²) >= 11 is 4.97. The predicted molar refractivity (Wildman–Crippen MR) is 70.2 cm³/mol. The molecule has 90 valence electrons. The molecule has 0 unspecified atom stereocenters. The van der Waals surface area contributed by atoms with Crippen molar-refractivity contribution in [1.29, 1.82) is 0 Å². The Kier molecular flexibility index (Phi) is 5.02. The molecule has 16 heavy (non-hydrogen) atoms. The maximum absolute atomic E-state index is 5.31. The number of halogens is 1. The molecule has 0 aliphatic carbocycles. The average Bonchev–Trinajstić information content (AvgIpc) is 2.72. The monoisotopic (exact) mass is 305 g/mol. The Morgan fingerprint density at radius 2 is 2.31 bits per heavy atom. The van der Waals surface area contributed by atoms with Gasteiger partial charge in [0, 0.05) is 25.0 Å². The van der Waals surface area contributed by atoms with Gasteiger partial charge in [-0.15, -0.1) is 11.3 Å². The number of anilines is 1. The standard InChI is InChI=1S/C10H16BrN3OS/c11-9-8-16-10(13-9)12-2-1-3-14-4-6-15-7-5-14/h8H,1-7H2,(H,12,13). The highest BCUT2D eigenvalue weighted by molar-refractivity contribution is 9.10. The number of rotatable bonds is 5. The zero-order valence-electron chi connectivity index (χ0n) is 9.12. The maximum atomic E-state index is 5.31. The van der Waals surface area contributed by atoms with E-state index in [2.05, 4.69) is 31.1 Å². The fourth-order valence-corrected chi connectivity index (χ4v) is 2.83. The molecule has 2 heterocycles. The van der Waals surface area contributed by atoms with Crippen molar-refractivity contribution < 1.29 is 4.74 Å². The van der Waals surface area contributed by atoms with E-state index >= 15 is 0 Å². The largest absolute Gasteiger partial charge is 0.379 e. The zero-order valence-corrected chi connectivity index (χ0v) is 11.5. The molecule has 1 aliphatic rings. The first-order chi connectivity index (χ1) is 7.84. The molecule has 0 spiro atoms. The van der Waals surface area contributed by atoms with Gasteiger partial charge in [-0.2, -0.15) is 0 Å². The summed E-state index contributed by atoms with van der Waals surface area (Å²) in [6.07, 6.45) is 1.15. The van der Waals surface area contributed by atoms with Gasteiger partial charge in [-0.3, -0.25) is 4.90 Å². The minimum absolute atomic E-state index is 0.882. The number of thiazole rings is 1. The van der Waals surface area contributed by atoms with Crippen LogP contribution < -0.4 is 5.32 Å². The van der Waals surface area contributed by atoms with Crippen molar-refractivity contribution in [3.8, 4) is 0 Å². The molecule has 1 aromatic rings. The fraction of sp³-hybridized carbons (Fsp3) is 0.700. The SMILES string of the molecule is Brc1csc(NCCCN2CCOCC2)n1. The van der Waals surface area contributed by atoms with Crippen molar-refractivity contribution in [2.24, 2.45) is 0 Å². The van der Waals surface area contributed by atoms with E-state index in [1.165, 1.54) is 0 Å². The second-order valence-electron chi connectivity index (χ2n) is 3.71. The third-order valence-corrected chi connectivity index (χ3v) is 4.02. The first kappa shape index (κ1) is 12.3. The van der Waals surface area contributed by atoms with E-state index in [1.54, 1.807) is 11.3 Å². The van der Waals surface area contributed by atoms with E-state index in [1.807, 2.05) is 5.38 Å². The summed E-state index contributed by atoms with van der Waals surface area (Å²) in [5.74, 6) is 0. The van der Waals surface area contributed by atoms with Gasteiger partial charge in [0.2, 0.25) is 0 Å². The van der Waals surface area contributed by atoms with Crippen LogP contribution in [0.1, 0.15) is 6.42 Å². The Balaban J connectivity index is 1.57. The number of ether oxygens (including phenoxy) is 1. The normalized spacial score (nSPS) is 17.6. The van der Waals surface area contributed by atoms with Crippen molar-refractivity contribution in [3.63, 3.8) is 0 Å². The molecule has 2 rings (SSSR count). The molecule has 1 saturated heterocycles. The van der Waals surface area contributed by atoms with Gasteiger partial charge >= 0.3 is 0 Å². The quantitative estimate of drug-likeness (QED) is 0.845. The van der Waals surface area contributed by atoms with Crippen LogP contribution in [0.25, 0.3) is 0 Å². The highest BCUT2D eigenvalue weighted by Gasteiger charge is 2.09. The van der Waals surface area contributed by atoms with Crippen LogP contribution in [0.5, 0.6) is 0 Å². The smallest absolute Gasteiger partial charge is 0.183 e. The number of nitrogens with zero attached hydrogens (tertiary/aromatic N) is 2. The number of hydrogen-bond donors (Lipinski definition) is 1. The van der Waals surface area contributed by atoms with E-state index in [0.717, 1.165) is 55.5 Å². The Bertz CT molecular complexity index is 315. The van der Waals surface area contributed by atoms with Crippen LogP contribution in [-0.4, -0.2) is 49.3 Å². The molecule has 4 nitrogen and oxygen atoms in total. The summed E-state index contributed by atoms with van der Waals surface area (Å²) in [5, 5.41) is 6.31. The van der Waals surface area contributed by atoms with Gasteiger partial charge < -0.3 is 10.1 Å². The molecule has 0 bridgehead atoms. The summed E-state index contributed by atoms with van der Waals surface area (Å²) in [6.45, 7) is 6.03. The van der Waals surface area contributed by atoms with Crippen LogP contribution in [-0.2, 0) is 4.74 Å². The Labute approximate surface area is 108 Å². The lowest BCUT2D eigenvalue weighted by molar-refractivity contribution is 0.0378. The summed E-state index contributed by atoms with van der Waals surface area (Å²) < 4.78 is 6.22. The molecule has 1 aromatic heterocycles. The van der Waals surface area contributed by atoms with E-state index in [0.29, 0.717) is 0 Å². The first-order valence-electron chi connectivity index (χ1n) is 5.49. The Morgan fingerprint density at radius 3 is 3.00 bits per heavy atom. The molecule has 6 heteroatoms. The molecule has 1 fully saturated rings. The van der Waals surface area contributed by atoms with Crippen LogP contribution in [0, 0.1) is 0 Å². The topological polar surface area (TPSA) is 37.4 Å². The van der Waals surface area contributed by atoms with Crippen LogP contribution >= 0.6 is 27.3 Å². The van der Waals surface area contributed by atoms with E-state index in [4.69, 9.17) is 4.74 Å². The number of nitrogens with one attached hydrogen (secondary N) is 1. The second-order valence-corrected chi connectivity index (χ2v) is 5.38. The minimum atomic E-state index is 0.882. The van der Waals surface area contributed by atoms with Gasteiger partial charge in [0.1, 0.15) is 4.60 Å². The van der Waals surface area contributed by atoms with Crippen molar-refractivity contribution in [2.45, 2.75) is 6.42 Å². The maximum Gasteiger partial charge on any atom is 0.183 e. The second kappa shape index (κ2) is 6.54. The van der Waals surface area contributed by atoms with Gasteiger partial charge in [0.05, 0.1) is 13.2 Å². The highest BCUT2D eigenvalue weighted by atomic mass is 79.9. The molecule has 0 aromatic carbocycles. The number of hydrogen-bond acceptors (Lipinski definition) is 5. The third-order valence-electron chi connectivity index (χ3n) is 2.51. The first-order valence-corrected chi connectivity index (χ1v) is 7.17. The highest BCUT2D eigenvalue weighted by Crippen LogP contribution is 2.19. The molecular weight excluding hydrogens is 290 g/mol. The Hall–Kier alpha value is -0.170. The summed E-state index contributed by atoms with van der Waals surface area (Å²) in [6, 6.07) is 0. The fourth-order valence-electron chi connectivity index (χ4n) is 1.66. The van der Waals surface area contributed by atoms with E-state index < -0.39 is 0 Å². The molecular formula is C10H16BrN3OS. The van der Waals surface area contributed by atoms with Crippen LogP contribution in [0.4, 0.5) is 5.13 Å². The minimum Gasteiger partial charge on any atom is -0.379 e. The van der Waals surface area contributed by atoms with Gasteiger partial charge in [-0.25, -0.2) is 4.98 Å². The summed E-state index contributed by atoms with van der Waals surface area (Å²) in [7, 11) is 0. The van der Waals surface area contributed by atoms with Crippen LogP contribution in [0.3, 0.4) is 0 Å². The summed E-state index contributed by atoms with van der Waals surface area (Å²) in [5.41, 5.74) is 0. The molecule has 0 radical (unpaired) electrons. The number of aromatic nitrogens is 1. The third kappa shape index (κ3) is 4.01. The van der Waals surface area contributed by atoms with Crippen molar-refractivity contribution >= 4 is 32.4 Å². The van der Waals surface area contributed by atoms with E-state index in [-0.39, 0.29) is 0 Å². The lowest BCUT2D eigenvalue weighted by Gasteiger charge is -2.26. The van der Waals surface area contributed by atoms with Crippen molar-refractivity contribution in [1.82, 2.24) is 9.88 Å². The van der Waals surface area contributed by atoms with Gasteiger partial charge in [0.25, 0.3) is 0 Å². The molecule has 0 atom stereocenters. The molecule has 1 aliphatic heterocycles. The molecule has 0 saturated carbocycles. The zero-order chi connectivity index (χ0) is 11.2. The Morgan fingerprint density at radius 1 is 1.50 bits per heavy atom. The van der Waals surface area contributed by atoms with Gasteiger partial charge in [0.15, 0.2) is 5.13 Å². The molecule has 1 N–H and O–H groups in total. The van der Waals surface area contributed by atoms with Crippen LogP contribution in [0.2, 0.25) is 0 Å². The average molecular weight is 306 g/mol. The predicted octanol–water partition coefficient (Wildman–Crippen LogP) is 2.04. The van der Waals surface area contributed by atoms with Crippen LogP contribution in [0.15, 0.2) is 9.98 Å². The number of morpholine rings is 1. The van der Waals surface area contributed by atoms with Crippen molar-refractivity contribution in [3.05, 3.63) is 9.98 Å². The lowest BCUT2D eigenvalue weighted by Crippen LogP contribution is -2.37. The summed E-state index contributed by atoms with van der Waals surface area (Å²) in [4.78, 5) is 6.73.